The molecule has 188 valence electrons. The van der Waals surface area contributed by atoms with Gasteiger partial charge in [0.1, 0.15) is 5.75 Å². The molecule has 1 amide bonds. The lowest BCUT2D eigenvalue weighted by atomic mass is 9.94. The molecule has 9 nitrogen and oxygen atoms in total. The number of carbonyl (C=O) groups is 1. The monoisotopic (exact) mass is 530 g/mol. The number of hydrogen-bond donors (Lipinski definition) is 1. The summed E-state index contributed by atoms with van der Waals surface area (Å²) >= 11 is 0.965. The fourth-order valence-electron chi connectivity index (χ4n) is 3.87. The summed E-state index contributed by atoms with van der Waals surface area (Å²) in [6.45, 7) is 4.87. The third kappa shape index (κ3) is 6.00. The fourth-order valence-corrected chi connectivity index (χ4v) is 6.71. The van der Waals surface area contributed by atoms with Gasteiger partial charge in [0, 0.05) is 24.0 Å². The Labute approximate surface area is 203 Å². The van der Waals surface area contributed by atoms with Crippen molar-refractivity contribution in [3.8, 4) is 17.2 Å². The van der Waals surface area contributed by atoms with Gasteiger partial charge in [0.25, 0.3) is 5.91 Å². The number of alkyl halides is 3. The molecule has 3 aromatic rings. The van der Waals surface area contributed by atoms with Crippen LogP contribution >= 0.6 is 11.3 Å². The number of aromatic nitrogens is 2. The maximum absolute atomic E-state index is 13.0. The first-order valence-corrected chi connectivity index (χ1v) is 12.8. The van der Waals surface area contributed by atoms with Crippen LogP contribution in [0.3, 0.4) is 0 Å². The van der Waals surface area contributed by atoms with Crippen LogP contribution in [0, 0.1) is 11.8 Å². The summed E-state index contributed by atoms with van der Waals surface area (Å²) in [4.78, 5) is 12.8. The van der Waals surface area contributed by atoms with Crippen LogP contribution in [0.5, 0.6) is 5.75 Å². The summed E-state index contributed by atoms with van der Waals surface area (Å²) in [7, 11) is -3.73. The van der Waals surface area contributed by atoms with Gasteiger partial charge in [-0.2, -0.15) is 4.31 Å². The Bertz CT molecular complexity index is 1290. The fraction of sp³-hybridized carbons (Fsp3) is 0.381. The number of nitrogens with one attached hydrogen (secondary N) is 1. The zero-order valence-electron chi connectivity index (χ0n) is 18.6. The van der Waals surface area contributed by atoms with E-state index in [1.165, 1.54) is 27.9 Å². The van der Waals surface area contributed by atoms with Crippen LogP contribution in [0.1, 0.15) is 29.9 Å². The average Bonchev–Trinajstić information content (AvgIpc) is 3.43. The van der Waals surface area contributed by atoms with E-state index >= 15 is 0 Å². The van der Waals surface area contributed by atoms with Crippen molar-refractivity contribution in [1.29, 1.82) is 0 Å². The number of anilines is 1. The van der Waals surface area contributed by atoms with Crippen molar-refractivity contribution in [2.24, 2.45) is 11.8 Å². The van der Waals surface area contributed by atoms with Gasteiger partial charge in [-0.25, -0.2) is 8.42 Å². The van der Waals surface area contributed by atoms with E-state index in [1.54, 1.807) is 0 Å². The highest BCUT2D eigenvalue weighted by Crippen LogP contribution is 2.30. The number of nitrogens with zero attached hydrogens (tertiary/aromatic N) is 3. The lowest BCUT2D eigenvalue weighted by molar-refractivity contribution is -0.274. The van der Waals surface area contributed by atoms with Crippen LogP contribution in [-0.2, 0) is 10.0 Å². The number of carbonyl (C=O) groups excluding carboxylic acids is 1. The average molecular weight is 531 g/mol. The molecule has 1 N–H and O–H groups in total. The van der Waals surface area contributed by atoms with Crippen molar-refractivity contribution in [2.45, 2.75) is 31.5 Å². The molecule has 3 heterocycles. The molecule has 0 saturated carbocycles. The normalized spacial score (nSPS) is 19.5. The van der Waals surface area contributed by atoms with E-state index in [4.69, 9.17) is 4.42 Å². The summed E-state index contributed by atoms with van der Waals surface area (Å²) in [5.41, 5.74) is 0.307. The SMILES string of the molecule is C[C@@H]1C[C@H](C)CN(S(=O)(=O)c2csc(C(=O)Nc3nnc(-c4ccc(OC(F)(F)F)cc4)o3)c2)C1. The van der Waals surface area contributed by atoms with Gasteiger partial charge in [-0.1, -0.05) is 18.9 Å². The molecular weight excluding hydrogens is 509 g/mol. The summed E-state index contributed by atoms with van der Waals surface area (Å²) in [6.07, 6.45) is -3.85. The van der Waals surface area contributed by atoms with Gasteiger partial charge in [0.15, 0.2) is 0 Å². The molecule has 2 aromatic heterocycles. The third-order valence-corrected chi connectivity index (χ3v) is 8.14. The van der Waals surface area contributed by atoms with Crippen LogP contribution in [0.4, 0.5) is 19.2 Å². The van der Waals surface area contributed by atoms with Crippen molar-refractivity contribution in [1.82, 2.24) is 14.5 Å². The Morgan fingerprint density at radius 1 is 1.17 bits per heavy atom. The van der Waals surface area contributed by atoms with Gasteiger partial charge in [-0.15, -0.1) is 29.6 Å². The Kier molecular flexibility index (Phi) is 6.88. The molecule has 1 aliphatic rings. The van der Waals surface area contributed by atoms with E-state index in [0.717, 1.165) is 29.9 Å². The van der Waals surface area contributed by atoms with E-state index < -0.39 is 28.0 Å². The third-order valence-electron chi connectivity index (χ3n) is 5.25. The Hall–Kier alpha value is -2.97. The first-order valence-electron chi connectivity index (χ1n) is 10.5. The molecule has 2 atom stereocenters. The van der Waals surface area contributed by atoms with Crippen LogP contribution in [0.25, 0.3) is 11.5 Å². The number of thiophene rings is 1. The Balaban J connectivity index is 1.42. The highest BCUT2D eigenvalue weighted by molar-refractivity contribution is 7.89. The lowest BCUT2D eigenvalue weighted by Crippen LogP contribution is -2.42. The van der Waals surface area contributed by atoms with E-state index in [-0.39, 0.29) is 33.5 Å². The number of amides is 1. The van der Waals surface area contributed by atoms with Gasteiger partial charge in [-0.05, 0) is 48.6 Å². The topological polar surface area (TPSA) is 115 Å². The van der Waals surface area contributed by atoms with Crippen LogP contribution in [-0.4, -0.2) is 48.3 Å². The lowest BCUT2D eigenvalue weighted by Gasteiger charge is -2.33. The molecule has 1 fully saturated rings. The molecular formula is C21H21F3N4O5S2. The Morgan fingerprint density at radius 3 is 2.46 bits per heavy atom. The number of halogens is 3. The zero-order valence-corrected chi connectivity index (χ0v) is 20.2. The highest BCUT2D eigenvalue weighted by atomic mass is 32.2. The number of ether oxygens (including phenoxy) is 1. The molecule has 0 aliphatic carbocycles. The number of benzene rings is 1. The molecule has 0 spiro atoms. The molecule has 0 bridgehead atoms. The Morgan fingerprint density at radius 2 is 1.83 bits per heavy atom. The number of piperidine rings is 1. The van der Waals surface area contributed by atoms with Gasteiger partial charge < -0.3 is 9.15 Å². The zero-order chi connectivity index (χ0) is 25.4. The minimum absolute atomic E-state index is 0.0401. The summed E-state index contributed by atoms with van der Waals surface area (Å²) in [5.74, 6) is -0.598. The second-order valence-corrected chi connectivity index (χ2v) is 11.2. The van der Waals surface area contributed by atoms with Crippen molar-refractivity contribution in [2.75, 3.05) is 18.4 Å². The molecule has 0 unspecified atom stereocenters. The highest BCUT2D eigenvalue weighted by Gasteiger charge is 2.33. The predicted molar refractivity (Wildman–Crippen MR) is 120 cm³/mol. The summed E-state index contributed by atoms with van der Waals surface area (Å²) in [6, 6.07) is 5.80. The van der Waals surface area contributed by atoms with Gasteiger partial charge in [-0.3, -0.25) is 10.1 Å². The largest absolute Gasteiger partial charge is 0.573 e. The quantitative estimate of drug-likeness (QED) is 0.495. The van der Waals surface area contributed by atoms with E-state index in [2.05, 4.69) is 20.3 Å². The van der Waals surface area contributed by atoms with E-state index in [1.807, 2.05) is 13.8 Å². The van der Waals surface area contributed by atoms with Gasteiger partial charge in [0.05, 0.1) is 9.77 Å². The van der Waals surface area contributed by atoms with Crippen molar-refractivity contribution in [3.05, 3.63) is 40.6 Å². The van der Waals surface area contributed by atoms with Crippen molar-refractivity contribution in [3.63, 3.8) is 0 Å². The molecule has 1 aliphatic heterocycles. The number of rotatable bonds is 6. The molecule has 35 heavy (non-hydrogen) atoms. The predicted octanol–water partition coefficient (Wildman–Crippen LogP) is 4.62. The first kappa shape index (κ1) is 25.1. The second kappa shape index (κ2) is 9.59. The smallest absolute Gasteiger partial charge is 0.406 e. The number of sulfonamides is 1. The summed E-state index contributed by atoms with van der Waals surface area (Å²) < 4.78 is 73.5. The first-order chi connectivity index (χ1) is 16.4. The molecule has 1 saturated heterocycles. The maximum Gasteiger partial charge on any atom is 0.573 e. The van der Waals surface area contributed by atoms with Crippen molar-refractivity contribution < 1.29 is 35.5 Å². The van der Waals surface area contributed by atoms with Gasteiger partial charge >= 0.3 is 12.4 Å². The molecule has 4 rings (SSSR count). The van der Waals surface area contributed by atoms with Crippen LogP contribution in [0.2, 0.25) is 0 Å². The van der Waals surface area contributed by atoms with Crippen LogP contribution < -0.4 is 10.1 Å². The van der Waals surface area contributed by atoms with Gasteiger partial charge in [0.2, 0.25) is 15.9 Å². The minimum Gasteiger partial charge on any atom is -0.406 e. The van der Waals surface area contributed by atoms with E-state index in [0.29, 0.717) is 18.7 Å². The standard InChI is InChI=1S/C21H21F3N4O5S2/c1-12-7-13(2)10-28(9-12)35(30,31)16-8-17(34-11-16)18(29)25-20-27-26-19(32-20)14-3-5-15(6-4-14)33-21(22,23)24/h3-6,8,11-13H,7,9-10H2,1-2H3,(H,25,27,29)/t12-,13+. The van der Waals surface area contributed by atoms with E-state index in [9.17, 15) is 26.4 Å². The minimum atomic E-state index is -4.81. The summed E-state index contributed by atoms with van der Waals surface area (Å²) in [5, 5.41) is 11.3. The molecule has 1 aromatic carbocycles. The molecule has 0 radical (unpaired) electrons. The molecule has 14 heteroatoms. The second-order valence-electron chi connectivity index (χ2n) is 8.35. The maximum atomic E-state index is 13.0. The van der Waals surface area contributed by atoms with Crippen LogP contribution in [0.15, 0.2) is 45.0 Å². The number of hydrogen-bond acceptors (Lipinski definition) is 8. The van der Waals surface area contributed by atoms with Crippen molar-refractivity contribution >= 4 is 33.3 Å².